The normalized spacial score (nSPS) is 11.3. The topological polar surface area (TPSA) is 70.4 Å². The number of hydrogen-bond acceptors (Lipinski definition) is 5. The second-order valence-corrected chi connectivity index (χ2v) is 8.81. The Kier molecular flexibility index (Phi) is 5.77. The van der Waals surface area contributed by atoms with Gasteiger partial charge in [0, 0.05) is 5.56 Å². The maximum Gasteiger partial charge on any atom is 0.283 e. The van der Waals surface area contributed by atoms with Crippen LogP contribution in [-0.2, 0) is 16.6 Å². The highest BCUT2D eigenvalue weighted by molar-refractivity contribution is 7.89. The molecular formula is C24H22N2O4S. The third-order valence-electron chi connectivity index (χ3n) is 4.84. The molecule has 3 aromatic carbocycles. The number of para-hydroxylation sites is 1. The van der Waals surface area contributed by atoms with Crippen molar-refractivity contribution in [3.05, 3.63) is 96.2 Å². The molecule has 0 N–H and O–H groups in total. The van der Waals surface area contributed by atoms with E-state index < -0.39 is 10.0 Å². The highest BCUT2D eigenvalue weighted by Gasteiger charge is 2.24. The van der Waals surface area contributed by atoms with Crippen molar-refractivity contribution in [1.82, 2.24) is 9.19 Å². The van der Waals surface area contributed by atoms with E-state index >= 15 is 0 Å². The zero-order valence-corrected chi connectivity index (χ0v) is 18.0. The lowest BCUT2D eigenvalue weighted by atomic mass is 10.1. The van der Waals surface area contributed by atoms with Gasteiger partial charge in [-0.05, 0) is 30.7 Å². The summed E-state index contributed by atoms with van der Waals surface area (Å²) >= 11 is 0. The second kappa shape index (κ2) is 8.65. The molecule has 4 rings (SSSR count). The molecule has 0 aliphatic heterocycles. The Morgan fingerprint density at radius 2 is 1.55 bits per heavy atom. The highest BCUT2D eigenvalue weighted by Crippen LogP contribution is 2.36. The Bertz CT molecular complexity index is 1280. The van der Waals surface area contributed by atoms with Crippen molar-refractivity contribution < 1.29 is 17.9 Å². The van der Waals surface area contributed by atoms with Crippen LogP contribution in [0.3, 0.4) is 0 Å². The van der Waals surface area contributed by atoms with E-state index in [0.717, 1.165) is 15.2 Å². The maximum absolute atomic E-state index is 13.2. The molecule has 4 aromatic rings. The van der Waals surface area contributed by atoms with Gasteiger partial charge in [-0.1, -0.05) is 66.2 Å². The number of methoxy groups -OCH3 is 1. The number of aryl methyl sites for hydroxylation is 1. The Hall–Kier alpha value is -3.58. The van der Waals surface area contributed by atoms with E-state index in [1.54, 1.807) is 31.4 Å². The number of ether oxygens (including phenoxy) is 2. The molecule has 0 saturated heterocycles. The van der Waals surface area contributed by atoms with Crippen molar-refractivity contribution >= 4 is 10.0 Å². The van der Waals surface area contributed by atoms with Gasteiger partial charge in [0.15, 0.2) is 0 Å². The second-order valence-electron chi connectivity index (χ2n) is 7.01. The molecule has 0 spiro atoms. The van der Waals surface area contributed by atoms with Gasteiger partial charge in [-0.2, -0.15) is 12.5 Å². The molecule has 0 aliphatic carbocycles. The quantitative estimate of drug-likeness (QED) is 0.422. The van der Waals surface area contributed by atoms with E-state index in [-0.39, 0.29) is 17.4 Å². The fraction of sp³-hybridized carbons (Fsp3) is 0.125. The van der Waals surface area contributed by atoms with Crippen LogP contribution in [-0.4, -0.2) is 24.7 Å². The van der Waals surface area contributed by atoms with Gasteiger partial charge in [-0.15, -0.1) is 5.10 Å². The van der Waals surface area contributed by atoms with Crippen LogP contribution in [0.5, 0.6) is 11.6 Å². The number of aromatic nitrogens is 2. The summed E-state index contributed by atoms with van der Waals surface area (Å²) < 4.78 is 38.8. The van der Waals surface area contributed by atoms with Crippen molar-refractivity contribution in [2.45, 2.75) is 18.4 Å². The van der Waals surface area contributed by atoms with Gasteiger partial charge in [-0.3, -0.25) is 0 Å². The molecule has 0 radical (unpaired) electrons. The molecule has 1 aromatic heterocycles. The van der Waals surface area contributed by atoms with Crippen LogP contribution in [0.2, 0.25) is 0 Å². The minimum Gasteiger partial charge on any atom is -0.496 e. The highest BCUT2D eigenvalue weighted by atomic mass is 32.2. The van der Waals surface area contributed by atoms with E-state index in [4.69, 9.17) is 9.47 Å². The van der Waals surface area contributed by atoms with Gasteiger partial charge in [0.2, 0.25) is 5.88 Å². The summed E-state index contributed by atoms with van der Waals surface area (Å²) in [5, 5.41) is 4.30. The van der Waals surface area contributed by atoms with Crippen molar-refractivity contribution in [2.75, 3.05) is 7.11 Å². The smallest absolute Gasteiger partial charge is 0.283 e. The Morgan fingerprint density at radius 3 is 2.26 bits per heavy atom. The first kappa shape index (κ1) is 20.7. The van der Waals surface area contributed by atoms with Crippen molar-refractivity contribution in [3.63, 3.8) is 0 Å². The van der Waals surface area contributed by atoms with Gasteiger partial charge in [0.25, 0.3) is 10.0 Å². The van der Waals surface area contributed by atoms with Gasteiger partial charge in [-0.25, -0.2) is 0 Å². The predicted octanol–water partition coefficient (Wildman–Crippen LogP) is 4.68. The zero-order chi connectivity index (χ0) is 21.8. The first-order valence-corrected chi connectivity index (χ1v) is 11.1. The Labute approximate surface area is 181 Å². The first-order valence-electron chi connectivity index (χ1n) is 9.71. The SMILES string of the molecule is COc1ccccc1-c1cn(S(=O)(=O)c2ccc(C)cc2)nc1OCc1ccccc1. The molecule has 0 atom stereocenters. The summed E-state index contributed by atoms with van der Waals surface area (Å²) in [5.41, 5.74) is 3.15. The molecule has 31 heavy (non-hydrogen) atoms. The zero-order valence-electron chi connectivity index (χ0n) is 17.2. The van der Waals surface area contributed by atoms with Crippen LogP contribution in [0.1, 0.15) is 11.1 Å². The fourth-order valence-electron chi connectivity index (χ4n) is 3.16. The molecule has 0 unspecified atom stereocenters. The largest absolute Gasteiger partial charge is 0.496 e. The minimum absolute atomic E-state index is 0.154. The Balaban J connectivity index is 1.79. The molecular weight excluding hydrogens is 412 g/mol. The summed E-state index contributed by atoms with van der Waals surface area (Å²) in [5.74, 6) is 0.809. The van der Waals surface area contributed by atoms with Crippen LogP contribution in [0.25, 0.3) is 11.1 Å². The predicted molar refractivity (Wildman–Crippen MR) is 119 cm³/mol. The standard InChI is InChI=1S/C24H22N2O4S/c1-18-12-14-20(15-13-18)31(27,28)26-16-22(21-10-6-7-11-23(21)29-2)24(25-26)30-17-19-8-4-3-5-9-19/h3-16H,17H2,1-2H3. The van der Waals surface area contributed by atoms with Crippen LogP contribution >= 0.6 is 0 Å². The molecule has 0 bridgehead atoms. The van der Waals surface area contributed by atoms with Gasteiger partial charge < -0.3 is 9.47 Å². The lowest BCUT2D eigenvalue weighted by Crippen LogP contribution is -2.13. The summed E-state index contributed by atoms with van der Waals surface area (Å²) in [6, 6.07) is 23.6. The average Bonchev–Trinajstić information content (AvgIpc) is 3.23. The van der Waals surface area contributed by atoms with E-state index in [2.05, 4.69) is 5.10 Å². The molecule has 0 amide bonds. The van der Waals surface area contributed by atoms with Crippen molar-refractivity contribution in [1.29, 1.82) is 0 Å². The molecule has 0 fully saturated rings. The lowest BCUT2D eigenvalue weighted by Gasteiger charge is -2.09. The molecule has 0 saturated carbocycles. The molecule has 1 heterocycles. The summed E-state index contributed by atoms with van der Waals surface area (Å²) in [6.07, 6.45) is 1.47. The van der Waals surface area contributed by atoms with Crippen LogP contribution < -0.4 is 9.47 Å². The number of nitrogens with zero attached hydrogens (tertiary/aromatic N) is 2. The molecule has 158 valence electrons. The van der Waals surface area contributed by atoms with Crippen LogP contribution in [0, 0.1) is 6.92 Å². The fourth-order valence-corrected chi connectivity index (χ4v) is 4.29. The number of hydrogen-bond donors (Lipinski definition) is 0. The third-order valence-corrected chi connectivity index (χ3v) is 6.39. The van der Waals surface area contributed by atoms with Crippen LogP contribution in [0.4, 0.5) is 0 Å². The van der Waals surface area contributed by atoms with E-state index in [9.17, 15) is 8.42 Å². The lowest BCUT2D eigenvalue weighted by molar-refractivity contribution is 0.293. The van der Waals surface area contributed by atoms with E-state index in [1.807, 2.05) is 61.5 Å². The third kappa shape index (κ3) is 4.32. The van der Waals surface area contributed by atoms with Crippen molar-refractivity contribution in [2.24, 2.45) is 0 Å². The first-order chi connectivity index (χ1) is 15.0. The average molecular weight is 435 g/mol. The van der Waals surface area contributed by atoms with E-state index in [1.165, 1.54) is 6.20 Å². The maximum atomic E-state index is 13.2. The summed E-state index contributed by atoms with van der Waals surface area (Å²) in [6.45, 7) is 2.16. The summed E-state index contributed by atoms with van der Waals surface area (Å²) in [4.78, 5) is 0.154. The summed E-state index contributed by atoms with van der Waals surface area (Å²) in [7, 11) is -2.32. The Morgan fingerprint density at radius 1 is 0.871 bits per heavy atom. The minimum atomic E-state index is -3.88. The van der Waals surface area contributed by atoms with Crippen LogP contribution in [0.15, 0.2) is 90.0 Å². The molecule has 6 nitrogen and oxygen atoms in total. The molecule has 7 heteroatoms. The van der Waals surface area contributed by atoms with Gasteiger partial charge >= 0.3 is 0 Å². The number of rotatable bonds is 7. The van der Waals surface area contributed by atoms with E-state index in [0.29, 0.717) is 16.9 Å². The monoisotopic (exact) mass is 434 g/mol. The van der Waals surface area contributed by atoms with Gasteiger partial charge in [0.1, 0.15) is 12.4 Å². The number of benzene rings is 3. The van der Waals surface area contributed by atoms with Crippen molar-refractivity contribution in [3.8, 4) is 22.8 Å². The van der Waals surface area contributed by atoms with Gasteiger partial charge in [0.05, 0.1) is 23.8 Å². The molecule has 0 aliphatic rings.